The average Bonchev–Trinajstić information content (AvgIpc) is 2.87. The van der Waals surface area contributed by atoms with E-state index in [2.05, 4.69) is 5.16 Å². The van der Waals surface area contributed by atoms with E-state index in [9.17, 15) is 9.90 Å². The molecule has 0 fully saturated rings. The van der Waals surface area contributed by atoms with Crippen LogP contribution >= 0.6 is 0 Å². The van der Waals surface area contributed by atoms with Gasteiger partial charge in [0.2, 0.25) is 0 Å². The summed E-state index contributed by atoms with van der Waals surface area (Å²) >= 11 is 0. The standard InChI is InChI=1S/C28H31NO6/c1-3-17-34-29-26(22-13-15-24(16-14-22)35-23-10-6-5-7-11-23)20-33-25-12-8-9-21(18-25)19-27(28(30)31)32-4-2/h5-16,18,27H,3-4,17,19-20H2,1-2H3,(H,30,31)/b29-26+. The van der Waals surface area contributed by atoms with Gasteiger partial charge < -0.3 is 24.2 Å². The molecule has 0 heterocycles. The molecule has 0 aliphatic rings. The van der Waals surface area contributed by atoms with Gasteiger partial charge in [-0.25, -0.2) is 4.79 Å². The van der Waals surface area contributed by atoms with E-state index in [1.165, 1.54) is 0 Å². The molecule has 35 heavy (non-hydrogen) atoms. The summed E-state index contributed by atoms with van der Waals surface area (Å²) in [5.74, 6) is 1.10. The monoisotopic (exact) mass is 477 g/mol. The van der Waals surface area contributed by atoms with Crippen molar-refractivity contribution >= 4 is 11.7 Å². The summed E-state index contributed by atoms with van der Waals surface area (Å²) in [6.07, 6.45) is 0.198. The Bertz CT molecular complexity index is 1080. The molecule has 0 radical (unpaired) electrons. The lowest BCUT2D eigenvalue weighted by Gasteiger charge is -2.14. The van der Waals surface area contributed by atoms with E-state index >= 15 is 0 Å². The topological polar surface area (TPSA) is 86.6 Å². The second-order valence-corrected chi connectivity index (χ2v) is 7.73. The number of oxime groups is 1. The maximum absolute atomic E-state index is 11.4. The van der Waals surface area contributed by atoms with Gasteiger partial charge in [0.05, 0.1) is 0 Å². The maximum atomic E-state index is 11.4. The fourth-order valence-electron chi connectivity index (χ4n) is 3.26. The van der Waals surface area contributed by atoms with Gasteiger partial charge in [-0.05, 0) is 67.4 Å². The maximum Gasteiger partial charge on any atom is 0.333 e. The number of carbonyl (C=O) groups is 1. The second-order valence-electron chi connectivity index (χ2n) is 7.73. The molecule has 0 bridgehead atoms. The van der Waals surface area contributed by atoms with Crippen LogP contribution in [-0.4, -0.2) is 42.7 Å². The van der Waals surface area contributed by atoms with E-state index in [0.29, 0.717) is 30.4 Å². The normalized spacial score (nSPS) is 12.1. The SMILES string of the molecule is CCCO/N=C(\COc1cccc(CC(OCC)C(=O)O)c1)c1ccc(Oc2ccccc2)cc1. The van der Waals surface area contributed by atoms with Crippen molar-refractivity contribution in [2.75, 3.05) is 19.8 Å². The van der Waals surface area contributed by atoms with E-state index in [4.69, 9.17) is 19.0 Å². The zero-order valence-corrected chi connectivity index (χ0v) is 20.1. The van der Waals surface area contributed by atoms with Gasteiger partial charge in [-0.1, -0.05) is 42.4 Å². The van der Waals surface area contributed by atoms with Crippen molar-refractivity contribution < 1.29 is 28.9 Å². The number of hydrogen-bond donors (Lipinski definition) is 1. The molecular weight excluding hydrogens is 446 g/mol. The zero-order chi connectivity index (χ0) is 24.9. The van der Waals surface area contributed by atoms with Gasteiger partial charge in [-0.2, -0.15) is 0 Å². The molecule has 3 aromatic rings. The van der Waals surface area contributed by atoms with Crippen LogP contribution in [-0.2, 0) is 20.8 Å². The highest BCUT2D eigenvalue weighted by Crippen LogP contribution is 2.22. The predicted octanol–water partition coefficient (Wildman–Crippen LogP) is 5.72. The van der Waals surface area contributed by atoms with Crippen molar-refractivity contribution in [2.24, 2.45) is 5.16 Å². The Balaban J connectivity index is 1.69. The number of ether oxygens (including phenoxy) is 3. The first-order valence-corrected chi connectivity index (χ1v) is 11.7. The average molecular weight is 478 g/mol. The van der Waals surface area contributed by atoms with Gasteiger partial charge in [0.15, 0.2) is 6.10 Å². The van der Waals surface area contributed by atoms with Gasteiger partial charge >= 0.3 is 5.97 Å². The molecule has 0 aliphatic carbocycles. The fourth-order valence-corrected chi connectivity index (χ4v) is 3.26. The van der Waals surface area contributed by atoms with Gasteiger partial charge in [-0.3, -0.25) is 0 Å². The summed E-state index contributed by atoms with van der Waals surface area (Å²) < 4.78 is 17.2. The zero-order valence-electron chi connectivity index (χ0n) is 20.1. The van der Waals surface area contributed by atoms with E-state index in [0.717, 1.165) is 23.3 Å². The van der Waals surface area contributed by atoms with Crippen LogP contribution in [0.1, 0.15) is 31.4 Å². The minimum atomic E-state index is -0.986. The molecule has 3 rings (SSSR count). The molecule has 1 atom stereocenters. The van der Waals surface area contributed by atoms with Crippen LogP contribution in [0, 0.1) is 0 Å². The summed E-state index contributed by atoms with van der Waals surface area (Å²) in [5, 5.41) is 13.6. The Morgan fingerprint density at radius 3 is 2.31 bits per heavy atom. The van der Waals surface area contributed by atoms with E-state index < -0.39 is 12.1 Å². The molecule has 0 saturated heterocycles. The molecule has 184 valence electrons. The number of carboxylic acids is 1. The number of rotatable bonds is 14. The third-order valence-electron chi connectivity index (χ3n) is 4.97. The van der Waals surface area contributed by atoms with Crippen LogP contribution in [0.3, 0.4) is 0 Å². The lowest BCUT2D eigenvalue weighted by molar-refractivity contribution is -0.149. The highest BCUT2D eigenvalue weighted by molar-refractivity contribution is 6.01. The first kappa shape index (κ1) is 25.8. The molecule has 0 aromatic heterocycles. The summed E-state index contributed by atoms with van der Waals surface area (Å²) in [5.41, 5.74) is 2.29. The van der Waals surface area contributed by atoms with Crippen molar-refractivity contribution in [1.82, 2.24) is 0 Å². The summed E-state index contributed by atoms with van der Waals surface area (Å²) in [6.45, 7) is 4.80. The Hall–Kier alpha value is -3.84. The minimum Gasteiger partial charge on any atom is -0.487 e. The van der Waals surface area contributed by atoms with Gasteiger partial charge in [0.25, 0.3) is 0 Å². The van der Waals surface area contributed by atoms with Gasteiger partial charge in [0, 0.05) is 18.6 Å². The number of aliphatic carboxylic acids is 1. The lowest BCUT2D eigenvalue weighted by atomic mass is 10.1. The van der Waals surface area contributed by atoms with E-state index in [1.54, 1.807) is 6.92 Å². The number of para-hydroxylation sites is 1. The first-order valence-electron chi connectivity index (χ1n) is 11.7. The molecule has 1 N–H and O–H groups in total. The summed E-state index contributed by atoms with van der Waals surface area (Å²) in [7, 11) is 0. The second kappa shape index (κ2) is 13.8. The number of carboxylic acid groups (broad SMARTS) is 1. The third-order valence-corrected chi connectivity index (χ3v) is 4.97. The van der Waals surface area contributed by atoms with Crippen LogP contribution in [0.4, 0.5) is 0 Å². The van der Waals surface area contributed by atoms with Crippen molar-refractivity contribution in [3.63, 3.8) is 0 Å². The fraction of sp³-hybridized carbons (Fsp3) is 0.286. The number of benzene rings is 3. The van der Waals surface area contributed by atoms with Crippen LogP contribution in [0.25, 0.3) is 0 Å². The molecule has 7 heteroatoms. The summed E-state index contributed by atoms with van der Waals surface area (Å²) in [6, 6.07) is 24.5. The van der Waals surface area contributed by atoms with E-state index in [-0.39, 0.29) is 13.0 Å². The van der Waals surface area contributed by atoms with Crippen LogP contribution in [0.15, 0.2) is 84.0 Å². The molecule has 0 spiro atoms. The van der Waals surface area contributed by atoms with Crippen molar-refractivity contribution in [3.8, 4) is 17.2 Å². The van der Waals surface area contributed by atoms with Crippen molar-refractivity contribution in [1.29, 1.82) is 0 Å². The molecular formula is C28H31NO6. The highest BCUT2D eigenvalue weighted by Gasteiger charge is 2.18. The molecule has 7 nitrogen and oxygen atoms in total. The molecule has 0 saturated carbocycles. The smallest absolute Gasteiger partial charge is 0.333 e. The Kier molecular flexibility index (Phi) is 10.1. The van der Waals surface area contributed by atoms with Crippen molar-refractivity contribution in [2.45, 2.75) is 32.8 Å². The Morgan fingerprint density at radius 1 is 0.914 bits per heavy atom. The third kappa shape index (κ3) is 8.46. The predicted molar refractivity (Wildman–Crippen MR) is 134 cm³/mol. The van der Waals surface area contributed by atoms with E-state index in [1.807, 2.05) is 85.8 Å². The summed E-state index contributed by atoms with van der Waals surface area (Å²) in [4.78, 5) is 16.8. The van der Waals surface area contributed by atoms with Crippen LogP contribution in [0.5, 0.6) is 17.2 Å². The number of nitrogens with zero attached hydrogens (tertiary/aromatic N) is 1. The molecule has 0 aliphatic heterocycles. The quantitative estimate of drug-likeness (QED) is 0.182. The molecule has 0 amide bonds. The highest BCUT2D eigenvalue weighted by atomic mass is 16.6. The Labute approximate surface area is 205 Å². The van der Waals surface area contributed by atoms with Crippen molar-refractivity contribution in [3.05, 3.63) is 90.0 Å². The Morgan fingerprint density at radius 2 is 1.63 bits per heavy atom. The molecule has 3 aromatic carbocycles. The largest absolute Gasteiger partial charge is 0.487 e. The van der Waals surface area contributed by atoms with Gasteiger partial charge in [0.1, 0.15) is 36.2 Å². The number of hydrogen-bond acceptors (Lipinski definition) is 6. The minimum absolute atomic E-state index is 0.180. The first-order chi connectivity index (χ1) is 17.1. The lowest BCUT2D eigenvalue weighted by Crippen LogP contribution is -2.26. The van der Waals surface area contributed by atoms with Crippen LogP contribution < -0.4 is 9.47 Å². The van der Waals surface area contributed by atoms with Gasteiger partial charge in [-0.15, -0.1) is 0 Å². The van der Waals surface area contributed by atoms with Crippen LogP contribution in [0.2, 0.25) is 0 Å². The molecule has 1 unspecified atom stereocenters.